The Balaban J connectivity index is 0.000000381. The van der Waals surface area contributed by atoms with Crippen LogP contribution < -0.4 is 5.43 Å². The zero-order chi connectivity index (χ0) is 20.1. The molecule has 25 heavy (non-hydrogen) atoms. The van der Waals surface area contributed by atoms with E-state index in [0.29, 0.717) is 21.0 Å². The average molecular weight is 641 g/mol. The fraction of sp³-hybridized carbons (Fsp3) is 0.462. The minimum atomic E-state index is -5.42. The molecule has 146 valence electrons. The number of hydrazone groups is 1. The fourth-order valence-corrected chi connectivity index (χ4v) is 3.16. The van der Waals surface area contributed by atoms with E-state index in [0.717, 1.165) is 5.69 Å². The van der Waals surface area contributed by atoms with E-state index in [9.17, 15) is 0 Å². The van der Waals surface area contributed by atoms with Crippen LogP contribution in [0, 0.1) is 5.92 Å². The third kappa shape index (κ3) is 8.99. The van der Waals surface area contributed by atoms with Crippen LogP contribution in [0.4, 0.5) is 5.69 Å². The predicted molar refractivity (Wildman–Crippen MR) is 119 cm³/mol. The molecule has 1 heterocycles. The van der Waals surface area contributed by atoms with Gasteiger partial charge in [0, 0.05) is 11.9 Å². The number of hydrogen-bond acceptors (Lipinski definition) is 1. The second-order valence-corrected chi connectivity index (χ2v) is 64.4. The molecule has 1 unspecified atom stereocenters. The summed E-state index contributed by atoms with van der Waals surface area (Å²) < 4.78 is 1.96. The van der Waals surface area contributed by atoms with Crippen LogP contribution >= 0.6 is 87.8 Å². The monoisotopic (exact) mass is 636 g/mol. The summed E-state index contributed by atoms with van der Waals surface area (Å²) in [6.45, 7) is 8.56. The van der Waals surface area contributed by atoms with Gasteiger partial charge in [0.25, 0.3) is 5.69 Å². The Labute approximate surface area is 182 Å². The minimum absolute atomic E-state index is 0.0314. The zero-order valence-electron chi connectivity index (χ0n) is 13.5. The molecule has 0 bridgehead atoms. The van der Waals surface area contributed by atoms with Crippen molar-refractivity contribution in [2.45, 2.75) is 33.2 Å². The summed E-state index contributed by atoms with van der Waals surface area (Å²) in [7, 11) is 25.0. The van der Waals surface area contributed by atoms with E-state index in [1.807, 2.05) is 4.68 Å². The van der Waals surface area contributed by atoms with Crippen molar-refractivity contribution in [1.29, 1.82) is 0 Å². The number of hydrazine groups is 1. The Morgan fingerprint density at radius 3 is 1.60 bits per heavy atom. The summed E-state index contributed by atoms with van der Waals surface area (Å²) in [6.07, 6.45) is 0. The Morgan fingerprint density at radius 2 is 1.32 bits per heavy atom. The topological polar surface area (TPSA) is 15.0 Å². The Hall–Kier alpha value is 2.12. The fourth-order valence-electron chi connectivity index (χ4n) is 2.17. The van der Waals surface area contributed by atoms with E-state index in [4.69, 9.17) is 87.8 Å². The zero-order valence-corrected chi connectivity index (χ0v) is 22.9. The van der Waals surface area contributed by atoms with Crippen molar-refractivity contribution >= 4 is 108 Å². The molecule has 2 rings (SSSR count). The van der Waals surface area contributed by atoms with Crippen LogP contribution in [0.5, 0.6) is 0 Å². The van der Waals surface area contributed by atoms with Gasteiger partial charge in [0.15, 0.2) is 5.71 Å². The Morgan fingerprint density at radius 1 is 0.960 bits per heavy atom. The van der Waals surface area contributed by atoms with E-state index in [-0.39, 0.29) is 5.54 Å². The molecule has 0 spiro atoms. The molecule has 0 aliphatic carbocycles. The number of nitrogens with one attached hydrogen (secondary N) is 1. The van der Waals surface area contributed by atoms with Gasteiger partial charge in [-0.3, -0.25) is 0 Å². The van der Waals surface area contributed by atoms with Gasteiger partial charge in [-0.25, -0.2) is 0 Å². The van der Waals surface area contributed by atoms with Crippen molar-refractivity contribution in [3.63, 3.8) is 0 Å². The normalized spacial score (nSPS) is 22.5. The first-order valence-electron chi connectivity index (χ1n) is 6.81. The maximum absolute atomic E-state index is 6.26. The SMILES string of the molecule is CC1=[N+](c2c(Cl)cc(Cl)cc2Cl)NC(C)(C)C1C.[Cl][Sb-]([Cl])([Cl])([Cl])([Cl])[Cl]. The molecule has 0 saturated heterocycles. The van der Waals surface area contributed by atoms with Crippen LogP contribution in [-0.4, -0.2) is 25.1 Å². The van der Waals surface area contributed by atoms with Crippen molar-refractivity contribution in [3.8, 4) is 0 Å². The number of nitrogens with zero attached hydrogens (tertiary/aromatic N) is 1. The first-order valence-corrected chi connectivity index (χ1v) is 27.3. The maximum atomic E-state index is 6.26. The summed E-state index contributed by atoms with van der Waals surface area (Å²) in [4.78, 5) is 0. The van der Waals surface area contributed by atoms with Gasteiger partial charge in [0.05, 0.1) is 11.5 Å². The van der Waals surface area contributed by atoms with Crippen LogP contribution in [0.1, 0.15) is 27.7 Å². The van der Waals surface area contributed by atoms with Gasteiger partial charge in [0.2, 0.25) is 0 Å². The standard InChI is InChI=1S/C13H16Cl3N2.6ClH.Sb/c1-7-8(2)18(17-13(7,3)4)12-10(15)5-9(14)6-11(12)16;;;;;;;/h5-7,17H,1-4H3;6*1H;/q+1;;;;;;;+5/p-6. The van der Waals surface area contributed by atoms with Crippen LogP contribution in [0.3, 0.4) is 0 Å². The van der Waals surface area contributed by atoms with Crippen molar-refractivity contribution in [2.24, 2.45) is 5.92 Å². The quantitative estimate of drug-likeness (QED) is 0.241. The molecule has 0 saturated carbocycles. The molecule has 2 nitrogen and oxygen atoms in total. The van der Waals surface area contributed by atoms with Gasteiger partial charge in [0.1, 0.15) is 10.0 Å². The van der Waals surface area contributed by atoms with E-state index in [1.165, 1.54) is 5.71 Å². The molecule has 12 heteroatoms. The summed E-state index contributed by atoms with van der Waals surface area (Å²) in [5.74, 6) is 0.389. The van der Waals surface area contributed by atoms with E-state index >= 15 is 0 Å². The van der Waals surface area contributed by atoms with Crippen LogP contribution in [0.15, 0.2) is 12.1 Å². The molecule has 0 radical (unpaired) electrons. The Kier molecular flexibility index (Phi) is 7.47. The Bertz CT molecular complexity index is 688. The van der Waals surface area contributed by atoms with Gasteiger partial charge in [-0.15, -0.1) is 0 Å². The predicted octanol–water partition coefficient (Wildman–Crippen LogP) is 8.44. The molecule has 0 aromatic heterocycles. The molecule has 0 fully saturated rings. The molecule has 1 aliphatic rings. The first kappa shape index (κ1) is 25.2. The first-order chi connectivity index (χ1) is 10.7. The molecule has 1 atom stereocenters. The molecule has 1 N–H and O–H groups in total. The van der Waals surface area contributed by atoms with Gasteiger partial charge in [-0.05, 0) is 26.0 Å². The third-order valence-electron chi connectivity index (χ3n) is 3.67. The van der Waals surface area contributed by atoms with E-state index in [1.54, 1.807) is 12.1 Å². The second kappa shape index (κ2) is 7.42. The van der Waals surface area contributed by atoms with Crippen molar-refractivity contribution in [1.82, 2.24) is 5.43 Å². The molecule has 0 amide bonds. The van der Waals surface area contributed by atoms with Gasteiger partial charge in [-0.2, -0.15) is 5.43 Å². The average Bonchev–Trinajstić information content (AvgIpc) is 2.48. The summed E-state index contributed by atoms with van der Waals surface area (Å²) >= 11 is 18.4. The summed E-state index contributed by atoms with van der Waals surface area (Å²) in [6, 6.07) is 3.41. The van der Waals surface area contributed by atoms with Gasteiger partial charge in [-0.1, -0.05) is 46.4 Å². The third-order valence-corrected chi connectivity index (χ3v) is 4.46. The van der Waals surface area contributed by atoms with Crippen LogP contribution in [0.2, 0.25) is 15.1 Å². The van der Waals surface area contributed by atoms with E-state index in [2.05, 4.69) is 33.1 Å². The van der Waals surface area contributed by atoms with Gasteiger partial charge >= 0.3 is 62.1 Å². The van der Waals surface area contributed by atoms with Crippen molar-refractivity contribution in [3.05, 3.63) is 27.2 Å². The number of halogens is 9. The summed E-state index contributed by atoms with van der Waals surface area (Å²) in [5.41, 5.74) is 5.35. The van der Waals surface area contributed by atoms with Crippen LogP contribution in [0.25, 0.3) is 0 Å². The number of benzene rings is 1. The molecule has 1 aromatic carbocycles. The van der Waals surface area contributed by atoms with Crippen LogP contribution in [-0.2, 0) is 0 Å². The number of hydrogen-bond donors (Lipinski definition) is 1. The molecule has 1 aromatic rings. The second-order valence-electron chi connectivity index (χ2n) is 6.21. The van der Waals surface area contributed by atoms with Gasteiger partial charge < -0.3 is 0 Å². The molecular formula is C13H16Cl9N2Sb. The van der Waals surface area contributed by atoms with Crippen molar-refractivity contribution < 1.29 is 4.68 Å². The molecular weight excluding hydrogens is 625 g/mol. The van der Waals surface area contributed by atoms with E-state index < -0.39 is 9.14 Å². The van der Waals surface area contributed by atoms with Crippen molar-refractivity contribution in [2.75, 3.05) is 0 Å². The molecule has 1 aliphatic heterocycles. The summed E-state index contributed by atoms with van der Waals surface area (Å²) in [5, 5.41) is 1.63. The number of rotatable bonds is 1.